The Balaban J connectivity index is 0.000000480. The molecule has 0 aliphatic heterocycles. The van der Waals surface area contributed by atoms with Crippen LogP contribution in [0.3, 0.4) is 0 Å². The summed E-state index contributed by atoms with van der Waals surface area (Å²) >= 11 is 0. The second-order valence-corrected chi connectivity index (χ2v) is 2.57. The van der Waals surface area contributed by atoms with Crippen LogP contribution in [0.15, 0.2) is 30.3 Å². The quantitative estimate of drug-likeness (QED) is 0.526. The molecule has 2 aromatic heterocycles. The number of rotatable bonds is 0. The molecule has 4 bridgehead atoms. The number of aromatic nitrogens is 1. The summed E-state index contributed by atoms with van der Waals surface area (Å²) in [5, 5.41) is 2.58. The summed E-state index contributed by atoms with van der Waals surface area (Å²) in [7, 11) is 0. The molecule has 0 unspecified atom stereocenters. The van der Waals surface area contributed by atoms with Crippen LogP contribution in [0.5, 0.6) is 0 Å². The monoisotopic (exact) mass is 144 g/mol. The van der Waals surface area contributed by atoms with Crippen LogP contribution in [0.1, 0.15) is 0 Å². The Labute approximate surface area is 64.1 Å². The molecule has 4 rings (SSSR count). The third-order valence-corrected chi connectivity index (χ3v) is 2.00. The lowest BCUT2D eigenvalue weighted by Gasteiger charge is -2.07. The van der Waals surface area contributed by atoms with E-state index in [1.54, 1.807) is 0 Å². The molecule has 11 heavy (non-hydrogen) atoms. The Kier molecular flexibility index (Phi) is 1.03. The van der Waals surface area contributed by atoms with Gasteiger partial charge in [-0.05, 0) is 6.07 Å². The maximum atomic E-state index is 4.30. The van der Waals surface area contributed by atoms with Gasteiger partial charge in [0.25, 0.3) is 0 Å². The lowest BCUT2D eigenvalue weighted by molar-refractivity contribution is 1.47. The molecular weight excluding hydrogens is 136 g/mol. The lowest BCUT2D eigenvalue weighted by atomic mass is 10.1. The number of benzene rings is 2. The number of fused-ring (bicyclic) bond motifs is 1. The molecule has 0 fully saturated rings. The minimum absolute atomic E-state index is 0. The molecule has 0 aliphatic carbocycles. The van der Waals surface area contributed by atoms with Gasteiger partial charge >= 0.3 is 0 Å². The maximum Gasteiger partial charge on any atom is 0.0803 e. The molecule has 0 saturated carbocycles. The van der Waals surface area contributed by atoms with Crippen molar-refractivity contribution in [2.24, 2.45) is 0 Å². The molecule has 0 aliphatic rings. The van der Waals surface area contributed by atoms with E-state index in [0.717, 1.165) is 5.52 Å². The van der Waals surface area contributed by atoms with E-state index in [1.807, 2.05) is 0 Å². The van der Waals surface area contributed by atoms with Crippen LogP contribution in [0.25, 0.3) is 21.8 Å². The highest BCUT2D eigenvalue weighted by atomic mass is 14.7. The van der Waals surface area contributed by atoms with Crippen molar-refractivity contribution >= 4 is 21.8 Å². The minimum atomic E-state index is 0. The minimum Gasteiger partial charge on any atom is -0.344 e. The van der Waals surface area contributed by atoms with E-state index >= 15 is 0 Å². The summed E-state index contributed by atoms with van der Waals surface area (Å²) in [6.07, 6.45) is 0. The van der Waals surface area contributed by atoms with Crippen LogP contribution in [-0.2, 0) is 0 Å². The van der Waals surface area contributed by atoms with Gasteiger partial charge in [-0.3, -0.25) is 0 Å². The fourth-order valence-electron chi connectivity index (χ4n) is 1.45. The Hall–Kier alpha value is -1.41. The molecule has 0 spiro atoms. The zero-order valence-electron chi connectivity index (χ0n) is 6.04. The van der Waals surface area contributed by atoms with Crippen molar-refractivity contribution in [3.05, 3.63) is 30.3 Å². The Morgan fingerprint density at radius 3 is 2.55 bits per heavy atom. The van der Waals surface area contributed by atoms with Gasteiger partial charge in [-0.1, -0.05) is 24.3 Å². The number of nitrogens with zero attached hydrogens (tertiary/aromatic N) is 1. The van der Waals surface area contributed by atoms with E-state index in [9.17, 15) is 0 Å². The number of pyridine rings is 1. The van der Waals surface area contributed by atoms with Gasteiger partial charge in [0.05, 0.1) is 11.0 Å². The standard InChI is InChI=1S/C9H5N.H3N/c1-2-6-4-5-8-7(3-1)9(6)10-8;/h1-5H;1H3. The highest BCUT2D eigenvalue weighted by molar-refractivity contribution is 6.10. The Bertz CT molecular complexity index is 420. The van der Waals surface area contributed by atoms with E-state index in [2.05, 4.69) is 35.3 Å². The van der Waals surface area contributed by atoms with Crippen molar-refractivity contribution < 1.29 is 0 Å². The molecule has 2 heteroatoms. The molecule has 0 saturated heterocycles. The van der Waals surface area contributed by atoms with E-state index in [0.29, 0.717) is 0 Å². The molecule has 0 atom stereocenters. The van der Waals surface area contributed by atoms with E-state index in [4.69, 9.17) is 0 Å². The van der Waals surface area contributed by atoms with Gasteiger partial charge in [0.2, 0.25) is 0 Å². The van der Waals surface area contributed by atoms with E-state index < -0.39 is 0 Å². The van der Waals surface area contributed by atoms with Gasteiger partial charge in [0.1, 0.15) is 0 Å². The Morgan fingerprint density at radius 2 is 1.91 bits per heavy atom. The van der Waals surface area contributed by atoms with Crippen molar-refractivity contribution in [1.82, 2.24) is 11.1 Å². The summed E-state index contributed by atoms with van der Waals surface area (Å²) < 4.78 is 0. The van der Waals surface area contributed by atoms with Crippen LogP contribution in [0.2, 0.25) is 0 Å². The summed E-state index contributed by atoms with van der Waals surface area (Å²) in [6.45, 7) is 0. The molecule has 3 N–H and O–H groups in total. The number of hydrogen-bond acceptors (Lipinski definition) is 2. The van der Waals surface area contributed by atoms with Crippen LogP contribution in [-0.4, -0.2) is 4.98 Å². The fraction of sp³-hybridized carbons (Fsp3) is 0. The average Bonchev–Trinajstić information content (AvgIpc) is 1.96. The van der Waals surface area contributed by atoms with Crippen LogP contribution in [0.4, 0.5) is 0 Å². The molecule has 0 amide bonds. The highest BCUT2D eigenvalue weighted by Gasteiger charge is 2.07. The molecule has 0 radical (unpaired) electrons. The second kappa shape index (κ2) is 1.80. The highest BCUT2D eigenvalue weighted by Crippen LogP contribution is 2.28. The zero-order valence-corrected chi connectivity index (χ0v) is 6.04. The number of para-hydroxylation sites is 1. The maximum absolute atomic E-state index is 4.30. The summed E-state index contributed by atoms with van der Waals surface area (Å²) in [4.78, 5) is 4.30. The lowest BCUT2D eigenvalue weighted by Crippen LogP contribution is -1.89. The van der Waals surface area contributed by atoms with Crippen LogP contribution >= 0.6 is 0 Å². The topological polar surface area (TPSA) is 47.9 Å². The fourth-order valence-corrected chi connectivity index (χ4v) is 1.45. The van der Waals surface area contributed by atoms with Gasteiger partial charge in [0, 0.05) is 10.8 Å². The SMILES string of the molecule is N.c1cc2ccc3c(c1)c2N=3. The molecule has 4 aromatic rings. The Morgan fingerprint density at radius 1 is 1.00 bits per heavy atom. The largest absolute Gasteiger partial charge is 0.344 e. The van der Waals surface area contributed by atoms with E-state index in [-0.39, 0.29) is 6.15 Å². The normalized spacial score (nSPS) is 10.9. The van der Waals surface area contributed by atoms with Crippen molar-refractivity contribution in [2.75, 3.05) is 0 Å². The van der Waals surface area contributed by atoms with Gasteiger partial charge in [-0.25, -0.2) is 4.98 Å². The van der Waals surface area contributed by atoms with Crippen LogP contribution < -0.4 is 6.15 Å². The average molecular weight is 144 g/mol. The molecular formula is C9H8N2. The third kappa shape index (κ3) is 0.570. The van der Waals surface area contributed by atoms with Gasteiger partial charge in [-0.2, -0.15) is 0 Å². The van der Waals surface area contributed by atoms with E-state index in [1.165, 1.54) is 16.3 Å². The first-order valence-corrected chi connectivity index (χ1v) is 3.35. The first-order valence-electron chi connectivity index (χ1n) is 3.35. The molecule has 2 heterocycles. The molecule has 2 aromatic carbocycles. The third-order valence-electron chi connectivity index (χ3n) is 2.00. The van der Waals surface area contributed by atoms with Crippen molar-refractivity contribution in [3.63, 3.8) is 0 Å². The van der Waals surface area contributed by atoms with Gasteiger partial charge in [-0.15, -0.1) is 0 Å². The van der Waals surface area contributed by atoms with Gasteiger partial charge < -0.3 is 6.15 Å². The smallest absolute Gasteiger partial charge is 0.0803 e. The number of hydrogen-bond donors (Lipinski definition) is 1. The summed E-state index contributed by atoms with van der Waals surface area (Å²) in [5.74, 6) is 0. The van der Waals surface area contributed by atoms with Crippen LogP contribution in [0, 0.1) is 0 Å². The van der Waals surface area contributed by atoms with Gasteiger partial charge in [0.15, 0.2) is 0 Å². The predicted molar refractivity (Wildman–Crippen MR) is 46.6 cm³/mol. The molecule has 2 nitrogen and oxygen atoms in total. The predicted octanol–water partition coefficient (Wildman–Crippen LogP) is 2.43. The first kappa shape index (κ1) is 6.31. The summed E-state index contributed by atoms with van der Waals surface area (Å²) in [5.41, 5.74) is 2.32. The van der Waals surface area contributed by atoms with Crippen molar-refractivity contribution in [1.29, 1.82) is 0 Å². The summed E-state index contributed by atoms with van der Waals surface area (Å²) in [6, 6.07) is 10.5. The second-order valence-electron chi connectivity index (χ2n) is 2.57. The van der Waals surface area contributed by atoms with Crippen molar-refractivity contribution in [3.8, 4) is 0 Å². The molecule has 54 valence electrons. The zero-order chi connectivity index (χ0) is 6.55. The van der Waals surface area contributed by atoms with Crippen molar-refractivity contribution in [2.45, 2.75) is 0 Å². The first-order chi connectivity index (χ1) is 4.95.